The van der Waals surface area contributed by atoms with Crippen molar-refractivity contribution in [2.75, 3.05) is 26.5 Å². The van der Waals surface area contributed by atoms with E-state index in [4.69, 9.17) is 14.2 Å². The summed E-state index contributed by atoms with van der Waals surface area (Å²) in [5.74, 6) is 2.70. The van der Waals surface area contributed by atoms with E-state index in [1.807, 2.05) is 6.92 Å². The van der Waals surface area contributed by atoms with Crippen molar-refractivity contribution in [3.63, 3.8) is 0 Å². The fraction of sp³-hybridized carbons (Fsp3) is 0.478. The maximum atomic E-state index is 10.4. The molecule has 3 aliphatic heterocycles. The summed E-state index contributed by atoms with van der Waals surface area (Å²) >= 11 is 0. The second-order valence-corrected chi connectivity index (χ2v) is 8.18. The minimum Gasteiger partial charge on any atom is -0.504 e. The van der Waals surface area contributed by atoms with Crippen LogP contribution in [0.1, 0.15) is 48.6 Å². The summed E-state index contributed by atoms with van der Waals surface area (Å²) in [5.41, 5.74) is 5.28. The second kappa shape index (κ2) is 6.59. The lowest BCUT2D eigenvalue weighted by atomic mass is 9.80. The Hall–Kier alpha value is -2.40. The number of phenols is 1. The average Bonchev–Trinajstić information content (AvgIpc) is 3.15. The van der Waals surface area contributed by atoms with Crippen molar-refractivity contribution in [2.45, 2.75) is 45.7 Å². The van der Waals surface area contributed by atoms with Crippen LogP contribution in [0.4, 0.5) is 0 Å². The van der Waals surface area contributed by atoms with Crippen LogP contribution in [-0.4, -0.2) is 36.1 Å². The van der Waals surface area contributed by atoms with Gasteiger partial charge in [0.05, 0.1) is 25.3 Å². The topological polar surface area (TPSA) is 47.9 Å². The van der Waals surface area contributed by atoms with Gasteiger partial charge in [0, 0.05) is 18.4 Å². The lowest BCUT2D eigenvalue weighted by Gasteiger charge is -2.51. The number of nitrogens with zero attached hydrogens (tertiary/aromatic N) is 1. The zero-order valence-electron chi connectivity index (χ0n) is 16.7. The molecule has 2 unspecified atom stereocenters. The van der Waals surface area contributed by atoms with Gasteiger partial charge >= 0.3 is 0 Å². The number of rotatable bonds is 4. The molecule has 148 valence electrons. The summed E-state index contributed by atoms with van der Waals surface area (Å²) in [6.07, 6.45) is 3.14. The molecule has 5 nitrogen and oxygen atoms in total. The molecule has 2 aromatic rings. The van der Waals surface area contributed by atoms with Crippen molar-refractivity contribution in [1.29, 1.82) is 0 Å². The van der Waals surface area contributed by atoms with Crippen molar-refractivity contribution in [2.24, 2.45) is 0 Å². The van der Waals surface area contributed by atoms with E-state index in [1.54, 1.807) is 6.07 Å². The molecular formula is C23H28NO4+. The number of benzene rings is 2. The summed E-state index contributed by atoms with van der Waals surface area (Å²) in [6, 6.07) is 8.68. The van der Waals surface area contributed by atoms with Gasteiger partial charge in [0.1, 0.15) is 12.6 Å². The minimum atomic E-state index is 0.259. The highest BCUT2D eigenvalue weighted by atomic mass is 16.7. The quantitative estimate of drug-likeness (QED) is 0.809. The van der Waals surface area contributed by atoms with Crippen LogP contribution in [0.5, 0.6) is 23.0 Å². The Morgan fingerprint density at radius 2 is 1.96 bits per heavy atom. The number of ether oxygens (including phenoxy) is 3. The van der Waals surface area contributed by atoms with E-state index in [-0.39, 0.29) is 5.75 Å². The third-order valence-electron chi connectivity index (χ3n) is 6.66. The van der Waals surface area contributed by atoms with Gasteiger partial charge in [-0.15, -0.1) is 0 Å². The van der Waals surface area contributed by atoms with Gasteiger partial charge < -0.3 is 23.8 Å². The van der Waals surface area contributed by atoms with Crippen molar-refractivity contribution >= 4 is 0 Å². The first-order chi connectivity index (χ1) is 13.6. The van der Waals surface area contributed by atoms with Crippen molar-refractivity contribution in [3.8, 4) is 23.0 Å². The Balaban J connectivity index is 1.64. The van der Waals surface area contributed by atoms with Crippen LogP contribution < -0.4 is 14.2 Å². The molecule has 0 saturated carbocycles. The summed E-state index contributed by atoms with van der Waals surface area (Å²) in [5, 5.41) is 10.4. The van der Waals surface area contributed by atoms with Gasteiger partial charge in [0.2, 0.25) is 6.79 Å². The number of fused-ring (bicyclic) bond motifs is 5. The Kier molecular flexibility index (Phi) is 4.16. The van der Waals surface area contributed by atoms with Gasteiger partial charge in [0.15, 0.2) is 23.0 Å². The molecule has 3 heterocycles. The fourth-order valence-corrected chi connectivity index (χ4v) is 5.45. The first kappa shape index (κ1) is 17.7. The normalized spacial score (nSPS) is 24.3. The van der Waals surface area contributed by atoms with Gasteiger partial charge in [-0.1, -0.05) is 13.0 Å². The van der Waals surface area contributed by atoms with Gasteiger partial charge in [-0.3, -0.25) is 0 Å². The van der Waals surface area contributed by atoms with Crippen molar-refractivity contribution < 1.29 is 23.8 Å². The highest BCUT2D eigenvalue weighted by molar-refractivity contribution is 5.53. The summed E-state index contributed by atoms with van der Waals surface area (Å²) in [4.78, 5) is 0. The van der Waals surface area contributed by atoms with Crippen molar-refractivity contribution in [3.05, 3.63) is 46.5 Å². The van der Waals surface area contributed by atoms with Crippen LogP contribution in [0, 0.1) is 0 Å². The third-order valence-corrected chi connectivity index (χ3v) is 6.66. The molecule has 0 aliphatic carbocycles. The largest absolute Gasteiger partial charge is 0.504 e. The van der Waals surface area contributed by atoms with E-state index in [1.165, 1.54) is 22.3 Å². The zero-order chi connectivity index (χ0) is 19.3. The predicted molar refractivity (Wildman–Crippen MR) is 106 cm³/mol. The number of quaternary nitrogens is 1. The van der Waals surface area contributed by atoms with Gasteiger partial charge in [-0.25, -0.2) is 0 Å². The Bertz CT molecular complexity index is 925. The maximum absolute atomic E-state index is 10.4. The number of hydrogen-bond donors (Lipinski definition) is 1. The van der Waals surface area contributed by atoms with Crippen molar-refractivity contribution in [1.82, 2.24) is 0 Å². The van der Waals surface area contributed by atoms with E-state index >= 15 is 0 Å². The first-order valence-corrected chi connectivity index (χ1v) is 10.4. The van der Waals surface area contributed by atoms with Crippen LogP contribution >= 0.6 is 0 Å². The van der Waals surface area contributed by atoms with Crippen LogP contribution in [0.25, 0.3) is 0 Å². The molecule has 0 saturated heterocycles. The smallest absolute Gasteiger partial charge is 0.231 e. The molecule has 0 bridgehead atoms. The molecule has 28 heavy (non-hydrogen) atoms. The molecule has 3 aliphatic rings. The molecular weight excluding hydrogens is 354 g/mol. The fourth-order valence-electron chi connectivity index (χ4n) is 5.45. The van der Waals surface area contributed by atoms with E-state index in [2.05, 4.69) is 25.1 Å². The first-order valence-electron chi connectivity index (χ1n) is 10.4. The number of phenolic OH excluding ortho intramolecular Hbond substituents is 1. The Morgan fingerprint density at radius 1 is 1.14 bits per heavy atom. The van der Waals surface area contributed by atoms with Crippen LogP contribution in [0.2, 0.25) is 0 Å². The molecule has 2 aromatic carbocycles. The lowest BCUT2D eigenvalue weighted by Crippen LogP contribution is -2.56. The number of hydrogen-bond acceptors (Lipinski definition) is 4. The van der Waals surface area contributed by atoms with E-state index < -0.39 is 0 Å². The highest BCUT2D eigenvalue weighted by Gasteiger charge is 2.47. The van der Waals surface area contributed by atoms with E-state index in [0.717, 1.165) is 54.9 Å². The molecule has 0 spiro atoms. The Morgan fingerprint density at radius 3 is 2.75 bits per heavy atom. The molecule has 0 fully saturated rings. The SMILES string of the molecule is CCC[N+]12CCc3cc4c(cc3C1Cc1ccc(O)c(OCC)c1C2)OCO4. The average molecular weight is 382 g/mol. The van der Waals surface area contributed by atoms with Gasteiger partial charge in [0.25, 0.3) is 0 Å². The van der Waals surface area contributed by atoms with Crippen LogP contribution in [0.15, 0.2) is 24.3 Å². The molecule has 1 N–H and O–H groups in total. The number of aromatic hydroxyl groups is 1. The lowest BCUT2D eigenvalue weighted by molar-refractivity contribution is -0.973. The molecule has 0 amide bonds. The molecule has 5 rings (SSSR count). The summed E-state index contributed by atoms with van der Waals surface area (Å²) in [6.45, 7) is 8.25. The van der Waals surface area contributed by atoms with Gasteiger partial charge in [-0.2, -0.15) is 0 Å². The molecule has 0 radical (unpaired) electrons. The van der Waals surface area contributed by atoms with Gasteiger partial charge in [-0.05, 0) is 42.7 Å². The molecule has 0 aromatic heterocycles. The minimum absolute atomic E-state index is 0.259. The summed E-state index contributed by atoms with van der Waals surface area (Å²) < 4.78 is 18.2. The monoisotopic (exact) mass is 382 g/mol. The standard InChI is InChI=1S/C23H27NO4/c1-3-8-24-9-7-16-11-21-22(28-14-27-21)12-17(16)19(24)10-15-5-6-20(25)23(26-4-2)18(15)13-24/h5-6,11-12,19H,3-4,7-10,13-14H2,1-2H3/p+1. The third kappa shape index (κ3) is 2.56. The van der Waals surface area contributed by atoms with Crippen LogP contribution in [0.3, 0.4) is 0 Å². The van der Waals surface area contributed by atoms with E-state index in [9.17, 15) is 5.11 Å². The second-order valence-electron chi connectivity index (χ2n) is 8.18. The predicted octanol–water partition coefficient (Wildman–Crippen LogP) is 4.10. The molecule has 5 heteroatoms. The Labute approximate surface area is 166 Å². The van der Waals surface area contributed by atoms with E-state index in [0.29, 0.717) is 25.2 Å². The maximum Gasteiger partial charge on any atom is 0.231 e. The zero-order valence-corrected chi connectivity index (χ0v) is 16.7. The summed E-state index contributed by atoms with van der Waals surface area (Å²) in [7, 11) is 0. The molecule has 2 atom stereocenters. The van der Waals surface area contributed by atoms with Crippen LogP contribution in [-0.2, 0) is 19.4 Å². The highest BCUT2D eigenvalue weighted by Crippen LogP contribution is 2.50.